The zero-order valence-corrected chi connectivity index (χ0v) is 16.9. The summed E-state index contributed by atoms with van der Waals surface area (Å²) in [4.78, 5) is 21.2. The maximum Gasteiger partial charge on any atom is 0.222 e. The molecule has 6 heteroatoms. The molecule has 5 nitrogen and oxygen atoms in total. The summed E-state index contributed by atoms with van der Waals surface area (Å²) in [7, 11) is 1.62. The summed E-state index contributed by atoms with van der Waals surface area (Å²) in [6.07, 6.45) is 5.46. The third-order valence-corrected chi connectivity index (χ3v) is 6.38. The minimum absolute atomic E-state index is 0.186. The summed E-state index contributed by atoms with van der Waals surface area (Å²) in [5.74, 6) is 0.731. The van der Waals surface area contributed by atoms with Crippen LogP contribution in [-0.2, 0) is 17.9 Å². The van der Waals surface area contributed by atoms with Crippen LogP contribution in [0.25, 0.3) is 0 Å². The van der Waals surface area contributed by atoms with Crippen molar-refractivity contribution >= 4 is 5.91 Å². The van der Waals surface area contributed by atoms with Gasteiger partial charge in [-0.05, 0) is 68.1 Å². The van der Waals surface area contributed by atoms with Crippen molar-refractivity contribution in [1.29, 1.82) is 0 Å². The lowest BCUT2D eigenvalue weighted by molar-refractivity contribution is -0.140. The third-order valence-electron chi connectivity index (χ3n) is 6.38. The van der Waals surface area contributed by atoms with Crippen LogP contribution in [0.1, 0.15) is 36.9 Å². The Morgan fingerprint density at radius 2 is 1.97 bits per heavy atom. The Kier molecular flexibility index (Phi) is 5.81. The predicted molar refractivity (Wildman–Crippen MR) is 109 cm³/mol. The molecule has 0 radical (unpaired) electrons. The number of carbonyl (C=O) groups excluding carboxylic acids is 1. The molecule has 4 rings (SSSR count). The number of carbonyl (C=O) groups is 1. The maximum absolute atomic E-state index is 13.7. The highest BCUT2D eigenvalue weighted by Crippen LogP contribution is 2.41. The summed E-state index contributed by atoms with van der Waals surface area (Å²) < 4.78 is 19.1. The number of rotatable bonds is 5. The first-order valence-electron chi connectivity index (χ1n) is 10.3. The van der Waals surface area contributed by atoms with Gasteiger partial charge in [0, 0.05) is 31.3 Å². The monoisotopic (exact) mass is 397 g/mol. The number of pyridine rings is 1. The zero-order chi connectivity index (χ0) is 20.3. The number of nitrogens with zero attached hydrogens (tertiary/aromatic N) is 3. The number of ether oxygens (including phenoxy) is 1. The summed E-state index contributed by atoms with van der Waals surface area (Å²) in [5, 5.41) is 0. The number of halogens is 1. The Morgan fingerprint density at radius 3 is 2.69 bits per heavy atom. The first-order valence-corrected chi connectivity index (χ1v) is 10.3. The van der Waals surface area contributed by atoms with Gasteiger partial charge in [0.15, 0.2) is 0 Å². The topological polar surface area (TPSA) is 45.7 Å². The van der Waals surface area contributed by atoms with Gasteiger partial charge in [0.1, 0.15) is 11.6 Å². The number of benzene rings is 1. The van der Waals surface area contributed by atoms with Gasteiger partial charge in [0.25, 0.3) is 0 Å². The minimum Gasteiger partial charge on any atom is -0.496 e. The molecule has 154 valence electrons. The van der Waals surface area contributed by atoms with E-state index in [1.54, 1.807) is 25.4 Å². The molecule has 0 atom stereocenters. The fourth-order valence-electron chi connectivity index (χ4n) is 4.64. The van der Waals surface area contributed by atoms with Gasteiger partial charge < -0.3 is 9.64 Å². The van der Waals surface area contributed by atoms with Gasteiger partial charge in [-0.3, -0.25) is 14.7 Å². The molecule has 1 amide bonds. The number of piperidine rings is 2. The molecule has 2 aliphatic rings. The van der Waals surface area contributed by atoms with Gasteiger partial charge in [0.2, 0.25) is 5.91 Å². The molecule has 1 aromatic heterocycles. The number of likely N-dealkylation sites (tertiary alicyclic amines) is 2. The Hall–Kier alpha value is -2.47. The van der Waals surface area contributed by atoms with Gasteiger partial charge in [-0.1, -0.05) is 6.07 Å². The Morgan fingerprint density at radius 1 is 1.14 bits per heavy atom. The van der Waals surface area contributed by atoms with E-state index in [2.05, 4.69) is 9.88 Å². The average molecular weight is 397 g/mol. The lowest BCUT2D eigenvalue weighted by atomic mass is 9.72. The van der Waals surface area contributed by atoms with Gasteiger partial charge in [0.05, 0.1) is 19.3 Å². The van der Waals surface area contributed by atoms with E-state index in [1.807, 2.05) is 23.1 Å². The molecule has 1 aromatic carbocycles. The number of hydrogen-bond donors (Lipinski definition) is 0. The molecule has 0 saturated carbocycles. The van der Waals surface area contributed by atoms with Gasteiger partial charge in [-0.2, -0.15) is 0 Å². The van der Waals surface area contributed by atoms with Gasteiger partial charge >= 0.3 is 0 Å². The Labute approximate surface area is 171 Å². The second-order valence-corrected chi connectivity index (χ2v) is 8.30. The molecule has 0 aliphatic carbocycles. The fraction of sp³-hybridized carbons (Fsp3) is 0.478. The van der Waals surface area contributed by atoms with E-state index in [4.69, 9.17) is 4.74 Å². The molecular weight excluding hydrogens is 369 g/mol. The van der Waals surface area contributed by atoms with Crippen LogP contribution in [0.2, 0.25) is 0 Å². The molecule has 1 spiro atoms. The van der Waals surface area contributed by atoms with E-state index in [0.29, 0.717) is 19.5 Å². The Bertz CT molecular complexity index is 850. The molecule has 3 heterocycles. The summed E-state index contributed by atoms with van der Waals surface area (Å²) in [6, 6.07) is 10.5. The van der Waals surface area contributed by atoms with Crippen LogP contribution in [0.5, 0.6) is 5.75 Å². The molecular formula is C23H28FN3O2. The molecule has 0 unspecified atom stereocenters. The van der Waals surface area contributed by atoms with Crippen molar-refractivity contribution in [2.24, 2.45) is 5.41 Å². The SMILES string of the molecule is COc1ccc(F)cc1CN1CCC2(CCC(=O)N(Cc3ccccn3)C2)CC1. The highest BCUT2D eigenvalue weighted by atomic mass is 19.1. The molecule has 0 N–H and O–H groups in total. The van der Waals surface area contributed by atoms with E-state index in [9.17, 15) is 9.18 Å². The van der Waals surface area contributed by atoms with Crippen LogP contribution < -0.4 is 4.74 Å². The van der Waals surface area contributed by atoms with Crippen LogP contribution in [0.3, 0.4) is 0 Å². The molecule has 2 aromatic rings. The number of aromatic nitrogens is 1. The first-order chi connectivity index (χ1) is 14.1. The normalized spacial score (nSPS) is 19.5. The molecule has 2 fully saturated rings. The van der Waals surface area contributed by atoms with Crippen LogP contribution in [0.15, 0.2) is 42.6 Å². The molecule has 2 saturated heterocycles. The zero-order valence-electron chi connectivity index (χ0n) is 16.9. The average Bonchev–Trinajstić information content (AvgIpc) is 2.74. The molecule has 29 heavy (non-hydrogen) atoms. The quantitative estimate of drug-likeness (QED) is 0.773. The van der Waals surface area contributed by atoms with Gasteiger partial charge in [-0.15, -0.1) is 0 Å². The third kappa shape index (κ3) is 4.58. The number of methoxy groups -OCH3 is 1. The minimum atomic E-state index is -0.231. The van der Waals surface area contributed by atoms with Crippen molar-refractivity contribution in [3.63, 3.8) is 0 Å². The van der Waals surface area contributed by atoms with Crippen LogP contribution >= 0.6 is 0 Å². The van der Waals surface area contributed by atoms with Crippen molar-refractivity contribution < 1.29 is 13.9 Å². The van der Waals surface area contributed by atoms with Crippen molar-refractivity contribution in [3.05, 3.63) is 59.7 Å². The van der Waals surface area contributed by atoms with Crippen LogP contribution in [0, 0.1) is 11.2 Å². The smallest absolute Gasteiger partial charge is 0.222 e. The Balaban J connectivity index is 1.38. The lowest BCUT2D eigenvalue weighted by Crippen LogP contribution is -2.51. The van der Waals surface area contributed by atoms with E-state index in [0.717, 1.165) is 55.9 Å². The van der Waals surface area contributed by atoms with Crippen LogP contribution in [0.4, 0.5) is 4.39 Å². The highest BCUT2D eigenvalue weighted by Gasteiger charge is 2.41. The van der Waals surface area contributed by atoms with Gasteiger partial charge in [-0.25, -0.2) is 4.39 Å². The van der Waals surface area contributed by atoms with E-state index in [1.165, 1.54) is 6.07 Å². The van der Waals surface area contributed by atoms with E-state index >= 15 is 0 Å². The molecule has 0 bridgehead atoms. The maximum atomic E-state index is 13.7. The van der Waals surface area contributed by atoms with Crippen molar-refractivity contribution in [2.75, 3.05) is 26.7 Å². The number of hydrogen-bond acceptors (Lipinski definition) is 4. The standard InChI is InChI=1S/C23H28FN3O2/c1-29-21-6-5-19(24)14-18(21)15-26-12-9-23(10-13-26)8-7-22(28)27(17-23)16-20-4-2-3-11-25-20/h2-6,11,14H,7-10,12-13,15-17H2,1H3. The second-order valence-electron chi connectivity index (χ2n) is 8.30. The summed E-state index contributed by atoms with van der Waals surface area (Å²) in [5.41, 5.74) is 2.01. The fourth-order valence-corrected chi connectivity index (χ4v) is 4.64. The first kappa shape index (κ1) is 19.8. The largest absolute Gasteiger partial charge is 0.496 e. The van der Waals surface area contributed by atoms with E-state index < -0.39 is 0 Å². The number of amides is 1. The van der Waals surface area contributed by atoms with Crippen LogP contribution in [-0.4, -0.2) is 47.4 Å². The van der Waals surface area contributed by atoms with E-state index in [-0.39, 0.29) is 17.1 Å². The highest BCUT2D eigenvalue weighted by molar-refractivity contribution is 5.77. The molecule has 2 aliphatic heterocycles. The predicted octanol–water partition coefficient (Wildman–Crippen LogP) is 3.63. The summed E-state index contributed by atoms with van der Waals surface area (Å²) in [6.45, 7) is 3.98. The van der Waals surface area contributed by atoms with Crippen molar-refractivity contribution in [1.82, 2.24) is 14.8 Å². The summed E-state index contributed by atoms with van der Waals surface area (Å²) >= 11 is 0. The second kappa shape index (κ2) is 8.49. The van der Waals surface area contributed by atoms with Crippen molar-refractivity contribution in [3.8, 4) is 5.75 Å². The van der Waals surface area contributed by atoms with Crippen molar-refractivity contribution in [2.45, 2.75) is 38.8 Å². The lowest BCUT2D eigenvalue weighted by Gasteiger charge is -2.47.